The first kappa shape index (κ1) is 19.8. The number of benzene rings is 2. The molecule has 2 aliphatic rings. The molecule has 4 rings (SSSR count). The number of nitrogens with zero attached hydrogens (tertiary/aromatic N) is 2. The number of anilines is 1. The van der Waals surface area contributed by atoms with Gasteiger partial charge in [-0.05, 0) is 48.6 Å². The molecule has 1 amide bonds. The molecule has 0 radical (unpaired) electrons. The fourth-order valence-electron chi connectivity index (χ4n) is 4.74. The van der Waals surface area contributed by atoms with Crippen LogP contribution in [0.2, 0.25) is 0 Å². The molecule has 1 heterocycles. The lowest BCUT2D eigenvalue weighted by atomic mass is 9.76. The van der Waals surface area contributed by atoms with Crippen LogP contribution in [-0.4, -0.2) is 27.9 Å². The van der Waals surface area contributed by atoms with Gasteiger partial charge in [0, 0.05) is 35.3 Å². The average Bonchev–Trinajstić information content (AvgIpc) is 3.23. The number of nitro groups is 1. The Morgan fingerprint density at radius 1 is 1.20 bits per heavy atom. The number of hydrogen-bond acceptors (Lipinski definition) is 4. The summed E-state index contributed by atoms with van der Waals surface area (Å²) >= 11 is 0. The third-order valence-electron chi connectivity index (χ3n) is 6.04. The average molecular weight is 406 g/mol. The highest BCUT2D eigenvalue weighted by molar-refractivity contribution is 6.08. The Kier molecular flexibility index (Phi) is 5.11. The Morgan fingerprint density at radius 2 is 2.00 bits per heavy atom. The molecule has 2 aromatic carbocycles. The molecule has 1 N–H and O–H groups in total. The first-order valence-electron chi connectivity index (χ1n) is 10.0. The molecule has 30 heavy (non-hydrogen) atoms. The summed E-state index contributed by atoms with van der Waals surface area (Å²) in [5, 5.41) is 20.6. The number of rotatable bonds is 5. The summed E-state index contributed by atoms with van der Waals surface area (Å²) in [5.41, 5.74) is 1.81. The van der Waals surface area contributed by atoms with E-state index in [1.54, 1.807) is 23.1 Å². The van der Waals surface area contributed by atoms with E-state index >= 15 is 0 Å². The summed E-state index contributed by atoms with van der Waals surface area (Å²) in [6.45, 7) is 2.07. The molecule has 2 aromatic rings. The number of carbonyl (C=O) groups excluding carboxylic acids is 1. The minimum Gasteiger partial charge on any atom is -0.478 e. The molecule has 0 spiro atoms. The fourth-order valence-corrected chi connectivity index (χ4v) is 4.74. The summed E-state index contributed by atoms with van der Waals surface area (Å²) in [6, 6.07) is 10.6. The van der Waals surface area contributed by atoms with E-state index in [0.717, 1.165) is 24.8 Å². The maximum Gasteiger partial charge on any atom is 0.335 e. The normalized spacial score (nSPS) is 21.8. The van der Waals surface area contributed by atoms with Crippen LogP contribution < -0.4 is 4.90 Å². The second-order valence-electron chi connectivity index (χ2n) is 7.77. The SMILES string of the molecule is CCC[C@H]1[C@H]2CC=C[C@@H]2c2cc(C(=O)O)ccc2N1C(=O)c1cccc([N+](=O)[O-])c1. The van der Waals surface area contributed by atoms with Crippen molar-refractivity contribution in [2.75, 3.05) is 4.90 Å². The predicted octanol–water partition coefficient (Wildman–Crippen LogP) is 4.78. The Hall–Kier alpha value is -3.48. The number of aromatic carboxylic acids is 1. The largest absolute Gasteiger partial charge is 0.478 e. The summed E-state index contributed by atoms with van der Waals surface area (Å²) in [7, 11) is 0. The molecule has 7 heteroatoms. The molecule has 154 valence electrons. The van der Waals surface area contributed by atoms with Crippen LogP contribution in [0.5, 0.6) is 0 Å². The molecule has 0 unspecified atom stereocenters. The van der Waals surface area contributed by atoms with Gasteiger partial charge in [-0.15, -0.1) is 0 Å². The summed E-state index contributed by atoms with van der Waals surface area (Å²) < 4.78 is 0. The summed E-state index contributed by atoms with van der Waals surface area (Å²) in [4.78, 5) is 37.5. The van der Waals surface area contributed by atoms with Gasteiger partial charge in [0.05, 0.1) is 10.5 Å². The van der Waals surface area contributed by atoms with Crippen LogP contribution in [0.15, 0.2) is 54.6 Å². The van der Waals surface area contributed by atoms with Crippen molar-refractivity contribution in [1.82, 2.24) is 0 Å². The van der Waals surface area contributed by atoms with E-state index in [0.29, 0.717) is 5.69 Å². The van der Waals surface area contributed by atoms with Crippen LogP contribution in [0, 0.1) is 16.0 Å². The van der Waals surface area contributed by atoms with Gasteiger partial charge in [-0.2, -0.15) is 0 Å². The maximum atomic E-state index is 13.6. The number of carboxylic acid groups (broad SMARTS) is 1. The zero-order valence-electron chi connectivity index (χ0n) is 16.5. The number of carboxylic acids is 1. The molecule has 0 saturated carbocycles. The lowest BCUT2D eigenvalue weighted by Crippen LogP contribution is -2.49. The standard InChI is InChI=1S/C23H22N2O5/c1-2-5-20-18-9-4-8-17(18)19-13-15(23(27)28)10-11-21(19)24(20)22(26)14-6-3-7-16(12-14)25(29)30/h3-4,6-8,10-13,17-18,20H,2,5,9H2,1H3,(H,27,28)/t17-,18-,20-/m0/s1. The smallest absolute Gasteiger partial charge is 0.335 e. The fraction of sp³-hybridized carbons (Fsp3) is 0.304. The molecular weight excluding hydrogens is 384 g/mol. The third kappa shape index (κ3) is 3.26. The molecule has 3 atom stereocenters. The number of amides is 1. The number of carbonyl (C=O) groups is 2. The third-order valence-corrected chi connectivity index (χ3v) is 6.04. The minimum absolute atomic E-state index is 0.0602. The van der Waals surface area contributed by atoms with Crippen molar-refractivity contribution < 1.29 is 19.6 Å². The van der Waals surface area contributed by atoms with E-state index in [2.05, 4.69) is 19.1 Å². The van der Waals surface area contributed by atoms with E-state index in [1.807, 2.05) is 0 Å². The molecule has 0 saturated heterocycles. The Balaban J connectivity index is 1.85. The minimum atomic E-state index is -1.01. The van der Waals surface area contributed by atoms with Gasteiger partial charge in [0.1, 0.15) is 0 Å². The molecule has 1 aliphatic carbocycles. The van der Waals surface area contributed by atoms with Crippen LogP contribution in [0.1, 0.15) is 58.4 Å². The van der Waals surface area contributed by atoms with Crippen molar-refractivity contribution in [2.24, 2.45) is 5.92 Å². The van der Waals surface area contributed by atoms with Crippen molar-refractivity contribution in [2.45, 2.75) is 38.1 Å². The second-order valence-corrected chi connectivity index (χ2v) is 7.77. The van der Waals surface area contributed by atoms with Gasteiger partial charge in [-0.3, -0.25) is 14.9 Å². The monoisotopic (exact) mass is 406 g/mol. The molecule has 1 aliphatic heterocycles. The predicted molar refractivity (Wildman–Crippen MR) is 112 cm³/mol. The van der Waals surface area contributed by atoms with Crippen molar-refractivity contribution in [3.05, 3.63) is 81.4 Å². The maximum absolute atomic E-state index is 13.6. The Labute approximate surface area is 173 Å². The number of hydrogen-bond donors (Lipinski definition) is 1. The van der Waals surface area contributed by atoms with Gasteiger partial charge >= 0.3 is 5.97 Å². The van der Waals surface area contributed by atoms with Crippen molar-refractivity contribution in [3.8, 4) is 0 Å². The van der Waals surface area contributed by atoms with Gasteiger partial charge in [-0.25, -0.2) is 4.79 Å². The van der Waals surface area contributed by atoms with Gasteiger partial charge in [0.15, 0.2) is 0 Å². The summed E-state index contributed by atoms with van der Waals surface area (Å²) in [5.74, 6) is -1.09. The van der Waals surface area contributed by atoms with Crippen LogP contribution in [0.25, 0.3) is 0 Å². The molecule has 0 fully saturated rings. The molecule has 0 aromatic heterocycles. The first-order valence-corrected chi connectivity index (χ1v) is 10.0. The summed E-state index contributed by atoms with van der Waals surface area (Å²) in [6.07, 6.45) is 6.69. The van der Waals surface area contributed by atoms with Gasteiger partial charge in [-0.1, -0.05) is 31.6 Å². The van der Waals surface area contributed by atoms with Gasteiger partial charge < -0.3 is 10.0 Å². The van der Waals surface area contributed by atoms with Crippen LogP contribution in [-0.2, 0) is 0 Å². The van der Waals surface area contributed by atoms with Gasteiger partial charge in [0.2, 0.25) is 0 Å². The van der Waals surface area contributed by atoms with Crippen LogP contribution in [0.3, 0.4) is 0 Å². The number of allylic oxidation sites excluding steroid dienone is 2. The van der Waals surface area contributed by atoms with E-state index in [-0.39, 0.29) is 40.6 Å². The van der Waals surface area contributed by atoms with Crippen LogP contribution in [0.4, 0.5) is 11.4 Å². The van der Waals surface area contributed by atoms with Crippen molar-refractivity contribution >= 4 is 23.3 Å². The first-order chi connectivity index (χ1) is 14.4. The topological polar surface area (TPSA) is 101 Å². The van der Waals surface area contributed by atoms with Gasteiger partial charge in [0.25, 0.3) is 11.6 Å². The highest BCUT2D eigenvalue weighted by atomic mass is 16.6. The Morgan fingerprint density at radius 3 is 2.70 bits per heavy atom. The number of fused-ring (bicyclic) bond motifs is 3. The lowest BCUT2D eigenvalue weighted by Gasteiger charge is -2.44. The van der Waals surface area contributed by atoms with E-state index in [1.165, 1.54) is 24.3 Å². The van der Waals surface area contributed by atoms with Crippen molar-refractivity contribution in [1.29, 1.82) is 0 Å². The van der Waals surface area contributed by atoms with E-state index < -0.39 is 10.9 Å². The number of non-ortho nitro benzene ring substituents is 1. The van der Waals surface area contributed by atoms with E-state index in [9.17, 15) is 24.8 Å². The molecular formula is C23H22N2O5. The quantitative estimate of drug-likeness (QED) is 0.437. The van der Waals surface area contributed by atoms with Crippen LogP contribution >= 0.6 is 0 Å². The zero-order chi connectivity index (χ0) is 21.4. The highest BCUT2D eigenvalue weighted by Gasteiger charge is 2.43. The highest BCUT2D eigenvalue weighted by Crippen LogP contribution is 2.49. The molecule has 7 nitrogen and oxygen atoms in total. The second kappa shape index (κ2) is 7.74. The zero-order valence-corrected chi connectivity index (χ0v) is 16.5. The number of nitro benzene ring substituents is 1. The van der Waals surface area contributed by atoms with E-state index in [4.69, 9.17) is 0 Å². The lowest BCUT2D eigenvalue weighted by molar-refractivity contribution is -0.384. The molecule has 0 bridgehead atoms. The Bertz CT molecular complexity index is 1060. The van der Waals surface area contributed by atoms with Crippen molar-refractivity contribution in [3.63, 3.8) is 0 Å².